The highest BCUT2D eigenvalue weighted by atomic mass is 35.5. The zero-order valence-electron chi connectivity index (χ0n) is 13.9. The molecule has 1 aliphatic heterocycles. The van der Waals surface area contributed by atoms with Gasteiger partial charge in [-0.15, -0.1) is 12.4 Å². The number of carbonyl (C=O) groups is 1. The summed E-state index contributed by atoms with van der Waals surface area (Å²) in [6.07, 6.45) is 2.37. The van der Waals surface area contributed by atoms with Gasteiger partial charge < -0.3 is 20.1 Å². The summed E-state index contributed by atoms with van der Waals surface area (Å²) in [5.74, 6) is 1.00. The first-order valence-corrected chi connectivity index (χ1v) is 7.87. The lowest BCUT2D eigenvalue weighted by Crippen LogP contribution is -2.42. The number of nitrogens with zero attached hydrogens (tertiary/aromatic N) is 1. The number of amides is 1. The van der Waals surface area contributed by atoms with Crippen LogP contribution in [0.1, 0.15) is 31.7 Å². The largest absolute Gasteiger partial charge is 0.496 e. The molecule has 2 N–H and O–H groups in total. The predicted octanol–water partition coefficient (Wildman–Crippen LogP) is 2.36. The normalized spacial score (nSPS) is 16.6. The van der Waals surface area contributed by atoms with E-state index in [-0.39, 0.29) is 30.5 Å². The van der Waals surface area contributed by atoms with Crippen LogP contribution in [-0.2, 0) is 16.1 Å². The molecule has 0 radical (unpaired) electrons. The van der Waals surface area contributed by atoms with Gasteiger partial charge in [0, 0.05) is 31.1 Å². The number of benzene rings is 1. The van der Waals surface area contributed by atoms with Crippen molar-refractivity contribution in [2.75, 3.05) is 20.2 Å². The van der Waals surface area contributed by atoms with Crippen LogP contribution in [0, 0.1) is 0 Å². The minimum Gasteiger partial charge on any atom is -0.496 e. The molecule has 5 nitrogen and oxygen atoms in total. The minimum absolute atomic E-state index is 0. The topological polar surface area (TPSA) is 64.8 Å². The van der Waals surface area contributed by atoms with E-state index in [2.05, 4.69) is 0 Å². The number of nitrogens with two attached hydrogens (primary N) is 1. The van der Waals surface area contributed by atoms with E-state index in [9.17, 15) is 4.79 Å². The summed E-state index contributed by atoms with van der Waals surface area (Å²) in [5.41, 5.74) is 6.74. The molecule has 2 rings (SSSR count). The van der Waals surface area contributed by atoms with Crippen LogP contribution in [0.15, 0.2) is 24.3 Å². The summed E-state index contributed by atoms with van der Waals surface area (Å²) in [6.45, 7) is 3.91. The molecule has 6 heteroatoms. The summed E-state index contributed by atoms with van der Waals surface area (Å²) < 4.78 is 11.3. The molecule has 1 unspecified atom stereocenters. The van der Waals surface area contributed by atoms with Crippen molar-refractivity contribution >= 4 is 18.3 Å². The molecular formula is C17H27ClN2O3. The van der Waals surface area contributed by atoms with Crippen LogP contribution in [0.25, 0.3) is 0 Å². The molecule has 1 fully saturated rings. The van der Waals surface area contributed by atoms with E-state index in [4.69, 9.17) is 15.2 Å². The average Bonchev–Trinajstić information content (AvgIpc) is 2.53. The van der Waals surface area contributed by atoms with Gasteiger partial charge in [-0.2, -0.15) is 0 Å². The molecule has 0 saturated carbocycles. The molecule has 0 aromatic heterocycles. The third-order valence-electron chi connectivity index (χ3n) is 3.96. The second-order valence-electron chi connectivity index (χ2n) is 5.88. The molecular weight excluding hydrogens is 316 g/mol. The molecule has 1 aromatic rings. The van der Waals surface area contributed by atoms with Gasteiger partial charge in [-0.1, -0.05) is 18.2 Å². The highest BCUT2D eigenvalue weighted by molar-refractivity contribution is 5.85. The van der Waals surface area contributed by atoms with Crippen molar-refractivity contribution in [1.82, 2.24) is 4.90 Å². The Labute approximate surface area is 144 Å². The summed E-state index contributed by atoms with van der Waals surface area (Å²) >= 11 is 0. The Hall–Kier alpha value is -1.30. The lowest BCUT2D eigenvalue weighted by Gasteiger charge is -2.32. The molecule has 1 aliphatic rings. The average molecular weight is 343 g/mol. The maximum atomic E-state index is 12.0. The van der Waals surface area contributed by atoms with Gasteiger partial charge in [-0.3, -0.25) is 4.79 Å². The summed E-state index contributed by atoms with van der Waals surface area (Å²) in [4.78, 5) is 13.9. The SMILES string of the molecule is COc1ccccc1COC1CCN(C(=O)CC(C)N)CC1.Cl. The van der Waals surface area contributed by atoms with Crippen LogP contribution >= 0.6 is 12.4 Å². The number of para-hydroxylation sites is 1. The highest BCUT2D eigenvalue weighted by Crippen LogP contribution is 2.21. The third-order valence-corrected chi connectivity index (χ3v) is 3.96. The first-order valence-electron chi connectivity index (χ1n) is 7.87. The Morgan fingerprint density at radius 1 is 1.35 bits per heavy atom. The summed E-state index contributed by atoms with van der Waals surface area (Å²) in [5, 5.41) is 0. The number of hydrogen-bond donors (Lipinski definition) is 1. The lowest BCUT2D eigenvalue weighted by atomic mass is 10.1. The second-order valence-corrected chi connectivity index (χ2v) is 5.88. The fourth-order valence-electron chi connectivity index (χ4n) is 2.71. The van der Waals surface area contributed by atoms with E-state index in [0.717, 1.165) is 37.2 Å². The Kier molecular flexibility index (Phi) is 8.37. The molecule has 0 bridgehead atoms. The maximum Gasteiger partial charge on any atom is 0.224 e. The molecule has 23 heavy (non-hydrogen) atoms. The number of rotatable bonds is 6. The Balaban J connectivity index is 0.00000264. The van der Waals surface area contributed by atoms with Gasteiger partial charge >= 0.3 is 0 Å². The smallest absolute Gasteiger partial charge is 0.224 e. The van der Waals surface area contributed by atoms with Gasteiger partial charge in [0.15, 0.2) is 0 Å². The Morgan fingerprint density at radius 3 is 2.61 bits per heavy atom. The van der Waals surface area contributed by atoms with Gasteiger partial charge in [0.1, 0.15) is 5.75 Å². The standard InChI is InChI=1S/C17H26N2O3.ClH/c1-13(18)11-17(20)19-9-7-15(8-10-19)22-12-14-5-3-4-6-16(14)21-2;/h3-6,13,15H,7-12,18H2,1-2H3;1H. The van der Waals surface area contributed by atoms with Crippen molar-refractivity contribution < 1.29 is 14.3 Å². The highest BCUT2D eigenvalue weighted by Gasteiger charge is 2.23. The van der Waals surface area contributed by atoms with Gasteiger partial charge in [0.25, 0.3) is 0 Å². The van der Waals surface area contributed by atoms with E-state index >= 15 is 0 Å². The first-order chi connectivity index (χ1) is 10.6. The monoisotopic (exact) mass is 342 g/mol. The van der Waals surface area contributed by atoms with Crippen LogP contribution in [0.5, 0.6) is 5.75 Å². The number of hydrogen-bond acceptors (Lipinski definition) is 4. The van der Waals surface area contributed by atoms with E-state index in [1.54, 1.807) is 7.11 Å². The van der Waals surface area contributed by atoms with Crippen LogP contribution in [0.3, 0.4) is 0 Å². The molecule has 1 aromatic carbocycles. The molecule has 1 saturated heterocycles. The number of ether oxygens (including phenoxy) is 2. The fraction of sp³-hybridized carbons (Fsp3) is 0.588. The van der Waals surface area contributed by atoms with Crippen LogP contribution in [-0.4, -0.2) is 43.2 Å². The molecule has 130 valence electrons. The summed E-state index contributed by atoms with van der Waals surface area (Å²) in [7, 11) is 1.67. The van der Waals surface area contributed by atoms with Crippen molar-refractivity contribution in [3.63, 3.8) is 0 Å². The molecule has 0 aliphatic carbocycles. The first kappa shape index (κ1) is 19.7. The van der Waals surface area contributed by atoms with E-state index in [1.807, 2.05) is 36.1 Å². The van der Waals surface area contributed by atoms with Crippen molar-refractivity contribution in [1.29, 1.82) is 0 Å². The van der Waals surface area contributed by atoms with Crippen molar-refractivity contribution in [2.45, 2.75) is 44.9 Å². The van der Waals surface area contributed by atoms with Crippen LogP contribution in [0.2, 0.25) is 0 Å². The minimum atomic E-state index is -0.0768. The quantitative estimate of drug-likeness (QED) is 0.862. The Bertz CT molecular complexity index is 488. The number of carbonyl (C=O) groups excluding carboxylic acids is 1. The van der Waals surface area contributed by atoms with Crippen LogP contribution < -0.4 is 10.5 Å². The molecule has 0 spiro atoms. The lowest BCUT2D eigenvalue weighted by molar-refractivity contribution is -0.134. The van der Waals surface area contributed by atoms with Gasteiger partial charge in [-0.05, 0) is 25.8 Å². The van der Waals surface area contributed by atoms with E-state index < -0.39 is 0 Å². The number of likely N-dealkylation sites (tertiary alicyclic amines) is 1. The molecule has 1 amide bonds. The molecule has 1 heterocycles. The predicted molar refractivity (Wildman–Crippen MR) is 92.9 cm³/mol. The summed E-state index contributed by atoms with van der Waals surface area (Å²) in [6, 6.07) is 7.81. The zero-order valence-corrected chi connectivity index (χ0v) is 14.7. The van der Waals surface area contributed by atoms with Gasteiger partial charge in [-0.25, -0.2) is 0 Å². The fourth-order valence-corrected chi connectivity index (χ4v) is 2.71. The molecule has 1 atom stereocenters. The van der Waals surface area contributed by atoms with Crippen molar-refractivity contribution in [3.8, 4) is 5.75 Å². The van der Waals surface area contributed by atoms with Crippen molar-refractivity contribution in [2.24, 2.45) is 5.73 Å². The number of methoxy groups -OCH3 is 1. The zero-order chi connectivity index (χ0) is 15.9. The maximum absolute atomic E-state index is 12.0. The van der Waals surface area contributed by atoms with Crippen molar-refractivity contribution in [3.05, 3.63) is 29.8 Å². The Morgan fingerprint density at radius 2 is 2.00 bits per heavy atom. The second kappa shape index (κ2) is 9.75. The van der Waals surface area contributed by atoms with Gasteiger partial charge in [0.2, 0.25) is 5.91 Å². The number of piperidine rings is 1. The van der Waals surface area contributed by atoms with E-state index in [0.29, 0.717) is 13.0 Å². The number of halogens is 1. The third kappa shape index (κ3) is 6.01. The van der Waals surface area contributed by atoms with E-state index in [1.165, 1.54) is 0 Å². The van der Waals surface area contributed by atoms with Gasteiger partial charge in [0.05, 0.1) is 19.8 Å². The van der Waals surface area contributed by atoms with Crippen LogP contribution in [0.4, 0.5) is 0 Å².